The van der Waals surface area contributed by atoms with Crippen LogP contribution in [-0.4, -0.2) is 28.9 Å². The van der Waals surface area contributed by atoms with Crippen molar-refractivity contribution >= 4 is 11.6 Å². The van der Waals surface area contributed by atoms with Gasteiger partial charge in [-0.05, 0) is 30.9 Å². The Morgan fingerprint density at radius 1 is 1.53 bits per heavy atom. The number of nitrogens with zero attached hydrogens (tertiary/aromatic N) is 2. The summed E-state index contributed by atoms with van der Waals surface area (Å²) in [6, 6.07) is 3.47. The summed E-state index contributed by atoms with van der Waals surface area (Å²) < 4.78 is 0. The second-order valence-electron chi connectivity index (χ2n) is 4.59. The third kappa shape index (κ3) is 2.57. The number of aromatic nitrogens is 1. The molecule has 1 saturated heterocycles. The van der Waals surface area contributed by atoms with Crippen molar-refractivity contribution in [3.05, 3.63) is 24.0 Å². The van der Waals surface area contributed by atoms with E-state index >= 15 is 0 Å². The predicted molar refractivity (Wildman–Crippen MR) is 67.6 cm³/mol. The average molecular weight is 233 g/mol. The number of nitrogen functional groups attached to an aromatic ring is 1. The van der Waals surface area contributed by atoms with E-state index in [0.29, 0.717) is 11.4 Å². The summed E-state index contributed by atoms with van der Waals surface area (Å²) in [7, 11) is 0. The molecule has 2 rings (SSSR count). The zero-order valence-electron chi connectivity index (χ0n) is 10.2. The standard InChI is InChI=1S/C13H19N3O/c1-2-10-5-8-16(9-6-10)13(17)12-11(14)4-3-7-15-12/h3-4,7,10H,2,5-6,8-9,14H2,1H3. The Balaban J connectivity index is 2.04. The van der Waals surface area contributed by atoms with Crippen LogP contribution in [0.1, 0.15) is 36.7 Å². The molecule has 1 fully saturated rings. The average Bonchev–Trinajstić information content (AvgIpc) is 2.39. The topological polar surface area (TPSA) is 59.2 Å². The molecule has 1 amide bonds. The molecule has 0 saturated carbocycles. The molecule has 1 aliphatic rings. The highest BCUT2D eigenvalue weighted by Crippen LogP contribution is 2.21. The van der Waals surface area contributed by atoms with Crippen molar-refractivity contribution in [3.8, 4) is 0 Å². The molecule has 1 aliphatic heterocycles. The molecule has 4 nitrogen and oxygen atoms in total. The third-order valence-corrected chi connectivity index (χ3v) is 3.52. The zero-order chi connectivity index (χ0) is 12.3. The number of rotatable bonds is 2. The van der Waals surface area contributed by atoms with E-state index in [9.17, 15) is 4.79 Å². The Morgan fingerprint density at radius 3 is 2.82 bits per heavy atom. The van der Waals surface area contributed by atoms with Gasteiger partial charge in [-0.1, -0.05) is 13.3 Å². The molecule has 0 bridgehead atoms. The van der Waals surface area contributed by atoms with Gasteiger partial charge in [-0.25, -0.2) is 4.98 Å². The number of anilines is 1. The maximum absolute atomic E-state index is 12.2. The second kappa shape index (κ2) is 5.17. The highest BCUT2D eigenvalue weighted by atomic mass is 16.2. The van der Waals surface area contributed by atoms with Gasteiger partial charge in [0.15, 0.2) is 5.69 Å². The van der Waals surface area contributed by atoms with Crippen LogP contribution in [0, 0.1) is 5.92 Å². The normalized spacial score (nSPS) is 17.1. The van der Waals surface area contributed by atoms with E-state index in [1.165, 1.54) is 6.42 Å². The van der Waals surface area contributed by atoms with Gasteiger partial charge >= 0.3 is 0 Å². The smallest absolute Gasteiger partial charge is 0.274 e. The van der Waals surface area contributed by atoms with E-state index in [2.05, 4.69) is 11.9 Å². The van der Waals surface area contributed by atoms with E-state index in [1.807, 2.05) is 4.90 Å². The first-order chi connectivity index (χ1) is 8.22. The van der Waals surface area contributed by atoms with Crippen LogP contribution in [0.5, 0.6) is 0 Å². The first-order valence-corrected chi connectivity index (χ1v) is 6.22. The summed E-state index contributed by atoms with van der Waals surface area (Å²) in [6.07, 6.45) is 5.00. The van der Waals surface area contributed by atoms with Crippen molar-refractivity contribution in [2.24, 2.45) is 5.92 Å². The SMILES string of the molecule is CCC1CCN(C(=O)c2ncccc2N)CC1. The number of carbonyl (C=O) groups excluding carboxylic acids is 1. The van der Waals surface area contributed by atoms with Gasteiger partial charge in [0, 0.05) is 19.3 Å². The van der Waals surface area contributed by atoms with E-state index in [-0.39, 0.29) is 5.91 Å². The monoisotopic (exact) mass is 233 g/mol. The van der Waals surface area contributed by atoms with Crippen molar-refractivity contribution in [2.45, 2.75) is 26.2 Å². The third-order valence-electron chi connectivity index (χ3n) is 3.52. The molecule has 0 atom stereocenters. The predicted octanol–water partition coefficient (Wildman–Crippen LogP) is 1.93. The van der Waals surface area contributed by atoms with Crippen LogP contribution < -0.4 is 5.73 Å². The van der Waals surface area contributed by atoms with Crippen LogP contribution >= 0.6 is 0 Å². The number of pyridine rings is 1. The lowest BCUT2D eigenvalue weighted by atomic mass is 9.94. The number of amides is 1. The van der Waals surface area contributed by atoms with Gasteiger partial charge < -0.3 is 10.6 Å². The fourth-order valence-electron chi connectivity index (χ4n) is 2.29. The second-order valence-corrected chi connectivity index (χ2v) is 4.59. The van der Waals surface area contributed by atoms with Crippen molar-refractivity contribution in [1.29, 1.82) is 0 Å². The first kappa shape index (κ1) is 11.9. The van der Waals surface area contributed by atoms with Crippen molar-refractivity contribution < 1.29 is 4.79 Å². The maximum atomic E-state index is 12.2. The molecule has 17 heavy (non-hydrogen) atoms. The van der Waals surface area contributed by atoms with E-state index < -0.39 is 0 Å². The molecule has 0 aliphatic carbocycles. The van der Waals surface area contributed by atoms with Crippen LogP contribution in [0.15, 0.2) is 18.3 Å². The van der Waals surface area contributed by atoms with Crippen LogP contribution in [0.3, 0.4) is 0 Å². The minimum Gasteiger partial charge on any atom is -0.397 e. The fraction of sp³-hybridized carbons (Fsp3) is 0.538. The number of likely N-dealkylation sites (tertiary alicyclic amines) is 1. The number of piperidine rings is 1. The lowest BCUT2D eigenvalue weighted by Gasteiger charge is -2.31. The van der Waals surface area contributed by atoms with E-state index in [0.717, 1.165) is 31.8 Å². The number of hydrogen-bond donors (Lipinski definition) is 1. The Labute approximate surface area is 102 Å². The Hall–Kier alpha value is -1.58. The molecule has 0 spiro atoms. The fourth-order valence-corrected chi connectivity index (χ4v) is 2.29. The van der Waals surface area contributed by atoms with Crippen LogP contribution in [0.2, 0.25) is 0 Å². The summed E-state index contributed by atoms with van der Waals surface area (Å²) >= 11 is 0. The molecular weight excluding hydrogens is 214 g/mol. The van der Waals surface area contributed by atoms with Crippen molar-refractivity contribution in [3.63, 3.8) is 0 Å². The molecule has 1 aromatic rings. The summed E-state index contributed by atoms with van der Waals surface area (Å²) in [4.78, 5) is 18.1. The molecular formula is C13H19N3O. The van der Waals surface area contributed by atoms with Crippen LogP contribution in [-0.2, 0) is 0 Å². The maximum Gasteiger partial charge on any atom is 0.274 e. The first-order valence-electron chi connectivity index (χ1n) is 6.22. The highest BCUT2D eigenvalue weighted by molar-refractivity contribution is 5.97. The number of carbonyl (C=O) groups is 1. The summed E-state index contributed by atoms with van der Waals surface area (Å²) in [6.45, 7) is 3.86. The van der Waals surface area contributed by atoms with Gasteiger partial charge in [-0.15, -0.1) is 0 Å². The summed E-state index contributed by atoms with van der Waals surface area (Å²) in [5.74, 6) is 0.734. The van der Waals surface area contributed by atoms with Gasteiger partial charge in [0.25, 0.3) is 5.91 Å². The summed E-state index contributed by atoms with van der Waals surface area (Å²) in [5, 5.41) is 0. The van der Waals surface area contributed by atoms with E-state index in [4.69, 9.17) is 5.73 Å². The highest BCUT2D eigenvalue weighted by Gasteiger charge is 2.24. The molecule has 4 heteroatoms. The van der Waals surface area contributed by atoms with Crippen LogP contribution in [0.25, 0.3) is 0 Å². The van der Waals surface area contributed by atoms with Gasteiger partial charge in [-0.2, -0.15) is 0 Å². The molecule has 1 aromatic heterocycles. The molecule has 92 valence electrons. The Kier molecular flexibility index (Phi) is 3.61. The molecule has 0 unspecified atom stereocenters. The van der Waals surface area contributed by atoms with Gasteiger partial charge in [0.2, 0.25) is 0 Å². The number of hydrogen-bond acceptors (Lipinski definition) is 3. The molecule has 0 radical (unpaired) electrons. The van der Waals surface area contributed by atoms with Gasteiger partial charge in [0.1, 0.15) is 0 Å². The quantitative estimate of drug-likeness (QED) is 0.849. The minimum absolute atomic E-state index is 0.0300. The van der Waals surface area contributed by atoms with Crippen molar-refractivity contribution in [2.75, 3.05) is 18.8 Å². The van der Waals surface area contributed by atoms with Crippen LogP contribution in [0.4, 0.5) is 5.69 Å². The molecule has 0 aromatic carbocycles. The Morgan fingerprint density at radius 2 is 2.24 bits per heavy atom. The van der Waals surface area contributed by atoms with Gasteiger partial charge in [0.05, 0.1) is 5.69 Å². The zero-order valence-corrected chi connectivity index (χ0v) is 10.2. The van der Waals surface area contributed by atoms with E-state index in [1.54, 1.807) is 18.3 Å². The van der Waals surface area contributed by atoms with Crippen molar-refractivity contribution in [1.82, 2.24) is 9.88 Å². The molecule has 2 N–H and O–H groups in total. The summed E-state index contributed by atoms with van der Waals surface area (Å²) in [5.41, 5.74) is 6.63. The number of nitrogens with two attached hydrogens (primary N) is 1. The lowest BCUT2D eigenvalue weighted by Crippen LogP contribution is -2.39. The minimum atomic E-state index is -0.0300. The Bertz CT molecular complexity index is 397. The molecule has 2 heterocycles. The van der Waals surface area contributed by atoms with Gasteiger partial charge in [-0.3, -0.25) is 4.79 Å². The lowest BCUT2D eigenvalue weighted by molar-refractivity contribution is 0.0684. The largest absolute Gasteiger partial charge is 0.397 e.